The molecule has 6 heteroatoms. The Morgan fingerprint density at radius 3 is 2.38 bits per heavy atom. The molecule has 1 amide bonds. The molecule has 0 aromatic rings. The number of carbonyl (C=O) groups is 2. The summed E-state index contributed by atoms with van der Waals surface area (Å²) in [4.78, 5) is 21.5. The van der Waals surface area contributed by atoms with Crippen molar-refractivity contribution in [3.05, 3.63) is 0 Å². The number of nitrogens with one attached hydrogen (secondary N) is 2. The molecule has 0 saturated carbocycles. The van der Waals surface area contributed by atoms with Crippen LogP contribution in [0.4, 0.5) is 0 Å². The van der Waals surface area contributed by atoms with Crippen LogP contribution in [0.1, 0.15) is 6.92 Å². The molecule has 0 bridgehead atoms. The highest BCUT2D eigenvalue weighted by Gasteiger charge is 2.29. The second-order valence-corrected chi connectivity index (χ2v) is 3.13. The van der Waals surface area contributed by atoms with Gasteiger partial charge in [0.25, 0.3) is 0 Å². The van der Waals surface area contributed by atoms with Crippen molar-refractivity contribution < 1.29 is 14.7 Å². The van der Waals surface area contributed by atoms with Gasteiger partial charge in [-0.2, -0.15) is 12.6 Å². The quantitative estimate of drug-likeness (QED) is 0.439. The summed E-state index contributed by atoms with van der Waals surface area (Å²) in [5.74, 6) is -1.13. The maximum absolute atomic E-state index is 11.3. The third-order valence-corrected chi connectivity index (χ3v) is 2.40. The highest BCUT2D eigenvalue weighted by molar-refractivity contribution is 7.80. The van der Waals surface area contributed by atoms with Crippen LogP contribution in [0.15, 0.2) is 0 Å². The third-order valence-electron chi connectivity index (χ3n) is 1.77. The van der Waals surface area contributed by atoms with Crippen molar-refractivity contribution in [1.82, 2.24) is 10.6 Å². The lowest BCUT2D eigenvalue weighted by atomic mass is 10.1. The minimum absolute atomic E-state index is 0.301. The summed E-state index contributed by atoms with van der Waals surface area (Å²) in [5.41, 5.74) is -0.821. The Labute approximate surface area is 82.3 Å². The molecule has 0 rings (SSSR count). The molecule has 0 aromatic carbocycles. The molecule has 0 heterocycles. The number of thiol groups is 1. The Morgan fingerprint density at radius 1 is 1.54 bits per heavy atom. The maximum Gasteiger partial charge on any atom is 0.322 e. The van der Waals surface area contributed by atoms with Gasteiger partial charge >= 0.3 is 5.97 Å². The first-order valence-corrected chi connectivity index (χ1v) is 4.39. The van der Waals surface area contributed by atoms with E-state index in [-0.39, 0.29) is 12.5 Å². The highest BCUT2D eigenvalue weighted by Crippen LogP contribution is 2.04. The lowest BCUT2D eigenvalue weighted by Gasteiger charge is -2.25. The molecule has 76 valence electrons. The molecule has 0 spiro atoms. The van der Waals surface area contributed by atoms with E-state index in [1.165, 1.54) is 0 Å². The molecule has 0 fully saturated rings. The molecule has 0 aliphatic carbocycles. The van der Waals surface area contributed by atoms with Crippen LogP contribution >= 0.6 is 12.6 Å². The van der Waals surface area contributed by atoms with Gasteiger partial charge in [-0.3, -0.25) is 9.59 Å². The number of amides is 1. The average Bonchev–Trinajstić information content (AvgIpc) is 2.12. The van der Waals surface area contributed by atoms with E-state index in [9.17, 15) is 9.59 Å². The van der Waals surface area contributed by atoms with Crippen LogP contribution in [0, 0.1) is 0 Å². The first-order chi connectivity index (χ1) is 5.96. The largest absolute Gasteiger partial charge is 0.480 e. The standard InChI is InChI=1S/C7H14N2O3S/c1-7(4-13,8-2)6(12)9-3-5(10)11/h8,13H,3-4H2,1-2H3,(H,9,12)(H,10,11). The lowest BCUT2D eigenvalue weighted by Crippen LogP contribution is -2.55. The summed E-state index contributed by atoms with van der Waals surface area (Å²) in [6.45, 7) is 1.28. The fourth-order valence-corrected chi connectivity index (χ4v) is 0.917. The summed E-state index contributed by atoms with van der Waals surface area (Å²) in [6, 6.07) is 0. The molecule has 1 atom stereocenters. The molecule has 3 N–H and O–H groups in total. The van der Waals surface area contributed by atoms with Gasteiger partial charge in [-0.15, -0.1) is 0 Å². The number of hydrogen-bond donors (Lipinski definition) is 4. The van der Waals surface area contributed by atoms with Crippen LogP contribution in [-0.4, -0.2) is 41.9 Å². The smallest absolute Gasteiger partial charge is 0.322 e. The minimum Gasteiger partial charge on any atom is -0.480 e. The molecule has 1 unspecified atom stereocenters. The number of carbonyl (C=O) groups excluding carboxylic acids is 1. The number of rotatable bonds is 5. The third kappa shape index (κ3) is 3.65. The van der Waals surface area contributed by atoms with Crippen LogP contribution in [0.5, 0.6) is 0 Å². The van der Waals surface area contributed by atoms with Gasteiger partial charge in [0, 0.05) is 5.75 Å². The predicted molar refractivity (Wildman–Crippen MR) is 52.0 cm³/mol. The molecule has 5 nitrogen and oxygen atoms in total. The zero-order valence-corrected chi connectivity index (χ0v) is 8.52. The van der Waals surface area contributed by atoms with Crippen molar-refractivity contribution in [1.29, 1.82) is 0 Å². The van der Waals surface area contributed by atoms with Crippen LogP contribution in [-0.2, 0) is 9.59 Å². The van der Waals surface area contributed by atoms with E-state index in [1.807, 2.05) is 0 Å². The normalized spacial score (nSPS) is 14.7. The maximum atomic E-state index is 11.3. The number of carboxylic acids is 1. The summed E-state index contributed by atoms with van der Waals surface area (Å²) in [5, 5.41) is 13.4. The van der Waals surface area contributed by atoms with E-state index >= 15 is 0 Å². The topological polar surface area (TPSA) is 78.4 Å². The number of hydrogen-bond acceptors (Lipinski definition) is 4. The summed E-state index contributed by atoms with van der Waals surface area (Å²) < 4.78 is 0. The van der Waals surface area contributed by atoms with Gasteiger partial charge in [-0.05, 0) is 14.0 Å². The molecule has 0 aromatic heterocycles. The number of carboxylic acid groups (broad SMARTS) is 1. The van der Waals surface area contributed by atoms with Gasteiger partial charge in [-0.25, -0.2) is 0 Å². The summed E-state index contributed by atoms with van der Waals surface area (Å²) in [7, 11) is 1.62. The van der Waals surface area contributed by atoms with E-state index < -0.39 is 11.5 Å². The van der Waals surface area contributed by atoms with Gasteiger partial charge in [0.15, 0.2) is 0 Å². The van der Waals surface area contributed by atoms with Gasteiger partial charge < -0.3 is 15.7 Å². The second kappa shape index (κ2) is 5.08. The zero-order valence-electron chi connectivity index (χ0n) is 7.63. The van der Waals surface area contributed by atoms with Gasteiger partial charge in [0.2, 0.25) is 5.91 Å². The molecule has 0 aliphatic rings. The van der Waals surface area contributed by atoms with Crippen LogP contribution in [0.2, 0.25) is 0 Å². The van der Waals surface area contributed by atoms with E-state index in [2.05, 4.69) is 23.3 Å². The summed E-state index contributed by atoms with van der Waals surface area (Å²) >= 11 is 3.99. The minimum atomic E-state index is -1.06. The van der Waals surface area contributed by atoms with Crippen molar-refractivity contribution >= 4 is 24.5 Å². The Bertz CT molecular complexity index is 204. The molecular formula is C7H14N2O3S. The van der Waals surface area contributed by atoms with Gasteiger partial charge in [0.1, 0.15) is 12.1 Å². The summed E-state index contributed by atoms with van der Waals surface area (Å²) in [6.07, 6.45) is 0. The van der Waals surface area contributed by atoms with E-state index in [0.717, 1.165) is 0 Å². The van der Waals surface area contributed by atoms with Gasteiger partial charge in [0.05, 0.1) is 0 Å². The Morgan fingerprint density at radius 2 is 2.08 bits per heavy atom. The Kier molecular flexibility index (Phi) is 4.79. The van der Waals surface area contributed by atoms with Crippen LogP contribution < -0.4 is 10.6 Å². The lowest BCUT2D eigenvalue weighted by molar-refractivity contribution is -0.138. The average molecular weight is 206 g/mol. The molecule has 13 heavy (non-hydrogen) atoms. The van der Waals surface area contributed by atoms with E-state index in [1.54, 1.807) is 14.0 Å². The highest BCUT2D eigenvalue weighted by atomic mass is 32.1. The zero-order chi connectivity index (χ0) is 10.5. The Balaban J connectivity index is 4.15. The number of likely N-dealkylation sites (N-methyl/N-ethyl adjacent to an activating group) is 1. The Hall–Kier alpha value is -0.750. The van der Waals surface area contributed by atoms with Crippen molar-refractivity contribution in [2.45, 2.75) is 12.5 Å². The van der Waals surface area contributed by atoms with Crippen molar-refractivity contribution in [2.75, 3.05) is 19.3 Å². The second-order valence-electron chi connectivity index (χ2n) is 2.82. The van der Waals surface area contributed by atoms with E-state index in [0.29, 0.717) is 5.75 Å². The van der Waals surface area contributed by atoms with E-state index in [4.69, 9.17) is 5.11 Å². The molecular weight excluding hydrogens is 192 g/mol. The first kappa shape index (κ1) is 12.2. The SMILES string of the molecule is CNC(C)(CS)C(=O)NCC(=O)O. The van der Waals surface area contributed by atoms with Crippen molar-refractivity contribution in [2.24, 2.45) is 0 Å². The fourth-order valence-electron chi connectivity index (χ4n) is 0.615. The fraction of sp³-hybridized carbons (Fsp3) is 0.714. The van der Waals surface area contributed by atoms with Crippen molar-refractivity contribution in [3.8, 4) is 0 Å². The number of aliphatic carboxylic acids is 1. The van der Waals surface area contributed by atoms with Crippen molar-refractivity contribution in [3.63, 3.8) is 0 Å². The van der Waals surface area contributed by atoms with Crippen LogP contribution in [0.3, 0.4) is 0 Å². The van der Waals surface area contributed by atoms with Crippen LogP contribution in [0.25, 0.3) is 0 Å². The first-order valence-electron chi connectivity index (χ1n) is 3.76. The molecule has 0 aliphatic heterocycles. The molecule has 0 saturated heterocycles. The predicted octanol–water partition coefficient (Wildman–Crippen LogP) is -0.905. The molecule has 0 radical (unpaired) electrons. The van der Waals surface area contributed by atoms with Gasteiger partial charge in [-0.1, -0.05) is 0 Å². The monoisotopic (exact) mass is 206 g/mol.